The first-order valence-corrected chi connectivity index (χ1v) is 14.5. The molecule has 2 aliphatic heterocycles. The lowest BCUT2D eigenvalue weighted by Crippen LogP contribution is -2.57. The molecule has 2 heterocycles. The molecule has 0 aromatic heterocycles. The number of amides is 3. The fraction of sp³-hybridized carbons (Fsp3) is 0.548. The molecule has 4 rings (SSSR count). The highest BCUT2D eigenvalue weighted by Gasteiger charge is 2.56. The lowest BCUT2D eigenvalue weighted by atomic mass is 9.77. The van der Waals surface area contributed by atoms with E-state index < -0.39 is 53.1 Å². The van der Waals surface area contributed by atoms with Crippen LogP contribution >= 0.6 is 0 Å². The third kappa shape index (κ3) is 6.26. The topological polar surface area (TPSA) is 84.3 Å². The van der Waals surface area contributed by atoms with E-state index in [1.54, 1.807) is 17.9 Å². The number of aryl methyl sites for hydroxylation is 1. The zero-order chi connectivity index (χ0) is 32.6. The summed E-state index contributed by atoms with van der Waals surface area (Å²) in [6.45, 7) is 3.08. The number of fused-ring (bicyclic) bond motifs is 1. The number of halogens is 6. The SMILES string of the molecule is CCC(c1cc(C(F)(F)F)cc(C(F)(F)F)c1)N(C)C(=O)N1CCN2C(=O)C(CCO)(CCO)C[C@H]2[C@@H]1c1ccccc1C. The van der Waals surface area contributed by atoms with Crippen molar-refractivity contribution in [1.29, 1.82) is 0 Å². The molecule has 2 aromatic carbocycles. The molecule has 0 aliphatic carbocycles. The third-order valence-electron chi connectivity index (χ3n) is 9.08. The fourth-order valence-electron chi connectivity index (χ4n) is 6.88. The van der Waals surface area contributed by atoms with Gasteiger partial charge in [0.25, 0.3) is 0 Å². The van der Waals surface area contributed by atoms with Crippen molar-refractivity contribution in [3.8, 4) is 0 Å². The van der Waals surface area contributed by atoms with Crippen molar-refractivity contribution in [2.24, 2.45) is 5.41 Å². The van der Waals surface area contributed by atoms with Gasteiger partial charge >= 0.3 is 18.4 Å². The van der Waals surface area contributed by atoms with Crippen LogP contribution in [0.25, 0.3) is 0 Å². The highest BCUT2D eigenvalue weighted by molar-refractivity contribution is 5.86. The first kappa shape index (κ1) is 33.6. The Morgan fingerprint density at radius 1 is 1.00 bits per heavy atom. The molecule has 3 amide bonds. The number of carbonyl (C=O) groups excluding carboxylic acids is 2. The van der Waals surface area contributed by atoms with Crippen LogP contribution in [0.5, 0.6) is 0 Å². The van der Waals surface area contributed by atoms with Crippen molar-refractivity contribution in [2.45, 2.75) is 70.0 Å². The summed E-state index contributed by atoms with van der Waals surface area (Å²) in [6.07, 6.45) is -9.53. The number of urea groups is 1. The van der Waals surface area contributed by atoms with Crippen molar-refractivity contribution in [2.75, 3.05) is 33.4 Å². The largest absolute Gasteiger partial charge is 0.416 e. The minimum Gasteiger partial charge on any atom is -0.396 e. The van der Waals surface area contributed by atoms with Crippen LogP contribution in [-0.2, 0) is 17.1 Å². The molecule has 44 heavy (non-hydrogen) atoms. The van der Waals surface area contributed by atoms with Gasteiger partial charge in [-0.05, 0) is 67.5 Å². The molecule has 3 atom stereocenters. The van der Waals surface area contributed by atoms with E-state index in [1.807, 2.05) is 25.1 Å². The molecule has 0 spiro atoms. The highest BCUT2D eigenvalue weighted by atomic mass is 19.4. The number of hydrogen-bond donors (Lipinski definition) is 2. The number of alkyl halides is 6. The Hall–Kier alpha value is -3.32. The van der Waals surface area contributed by atoms with Crippen molar-refractivity contribution >= 4 is 11.9 Å². The third-order valence-corrected chi connectivity index (χ3v) is 9.08. The van der Waals surface area contributed by atoms with E-state index in [9.17, 15) is 46.1 Å². The molecular weight excluding hydrogens is 592 g/mol. The van der Waals surface area contributed by atoms with Crippen LogP contribution < -0.4 is 0 Å². The summed E-state index contributed by atoms with van der Waals surface area (Å²) in [5.41, 5.74) is -2.67. The van der Waals surface area contributed by atoms with E-state index in [0.717, 1.165) is 11.1 Å². The first-order chi connectivity index (χ1) is 20.6. The molecule has 2 fully saturated rings. The van der Waals surface area contributed by atoms with Gasteiger partial charge in [-0.3, -0.25) is 4.79 Å². The molecule has 0 saturated carbocycles. The Kier molecular flexibility index (Phi) is 9.60. The van der Waals surface area contributed by atoms with E-state index in [4.69, 9.17) is 0 Å². The fourth-order valence-corrected chi connectivity index (χ4v) is 6.88. The molecule has 1 unspecified atom stereocenters. The van der Waals surface area contributed by atoms with Gasteiger partial charge in [0.15, 0.2) is 0 Å². The van der Waals surface area contributed by atoms with Crippen LogP contribution in [0.4, 0.5) is 31.1 Å². The Morgan fingerprint density at radius 2 is 1.57 bits per heavy atom. The molecule has 2 saturated heterocycles. The van der Waals surface area contributed by atoms with Crippen LogP contribution in [0.1, 0.15) is 72.5 Å². The molecule has 2 aromatic rings. The summed E-state index contributed by atoms with van der Waals surface area (Å²) in [5, 5.41) is 19.6. The number of carbonyl (C=O) groups is 2. The molecule has 7 nitrogen and oxygen atoms in total. The quantitative estimate of drug-likeness (QED) is 0.354. The van der Waals surface area contributed by atoms with E-state index in [0.29, 0.717) is 12.1 Å². The summed E-state index contributed by atoms with van der Waals surface area (Å²) in [7, 11) is 1.35. The van der Waals surface area contributed by atoms with Gasteiger partial charge in [-0.1, -0.05) is 31.2 Å². The smallest absolute Gasteiger partial charge is 0.396 e. The number of hydrogen-bond acceptors (Lipinski definition) is 4. The van der Waals surface area contributed by atoms with Gasteiger partial charge in [-0.25, -0.2) is 4.79 Å². The maximum atomic E-state index is 14.2. The average Bonchev–Trinajstić information content (AvgIpc) is 3.23. The van der Waals surface area contributed by atoms with Gasteiger partial charge in [0, 0.05) is 33.4 Å². The van der Waals surface area contributed by atoms with Gasteiger partial charge in [-0.15, -0.1) is 0 Å². The number of nitrogens with zero attached hydrogens (tertiary/aromatic N) is 3. The Bertz CT molecular complexity index is 1330. The van der Waals surface area contributed by atoms with E-state index >= 15 is 0 Å². The minimum atomic E-state index is -5.03. The van der Waals surface area contributed by atoms with Crippen molar-refractivity contribution in [3.05, 3.63) is 70.3 Å². The maximum absolute atomic E-state index is 14.2. The lowest BCUT2D eigenvalue weighted by Gasteiger charge is -2.47. The molecule has 0 bridgehead atoms. The van der Waals surface area contributed by atoms with Crippen LogP contribution in [-0.4, -0.2) is 76.2 Å². The van der Waals surface area contributed by atoms with E-state index in [2.05, 4.69) is 0 Å². The second-order valence-electron chi connectivity index (χ2n) is 11.6. The minimum absolute atomic E-state index is 0.0356. The second-order valence-corrected chi connectivity index (χ2v) is 11.6. The molecule has 0 radical (unpaired) electrons. The van der Waals surface area contributed by atoms with Gasteiger partial charge in [0.2, 0.25) is 5.91 Å². The summed E-state index contributed by atoms with van der Waals surface area (Å²) in [6, 6.07) is 5.70. The molecular formula is C31H37F6N3O4. The van der Waals surface area contributed by atoms with Crippen molar-refractivity contribution in [3.63, 3.8) is 0 Å². The normalized spacial score (nSPS) is 20.9. The first-order valence-electron chi connectivity index (χ1n) is 14.5. The van der Waals surface area contributed by atoms with Gasteiger partial charge in [-0.2, -0.15) is 26.3 Å². The maximum Gasteiger partial charge on any atom is 0.416 e. The van der Waals surface area contributed by atoms with E-state index in [-0.39, 0.29) is 69.5 Å². The van der Waals surface area contributed by atoms with Crippen LogP contribution in [0.2, 0.25) is 0 Å². The van der Waals surface area contributed by atoms with Crippen molar-refractivity contribution in [1.82, 2.24) is 14.7 Å². The van der Waals surface area contributed by atoms with Gasteiger partial charge in [0.05, 0.1) is 34.7 Å². The van der Waals surface area contributed by atoms with Crippen LogP contribution in [0.3, 0.4) is 0 Å². The number of aliphatic hydroxyl groups excluding tert-OH is 2. The average molecular weight is 630 g/mol. The molecule has 2 N–H and O–H groups in total. The number of aliphatic hydroxyl groups is 2. The van der Waals surface area contributed by atoms with E-state index in [1.165, 1.54) is 16.8 Å². The second kappa shape index (κ2) is 12.6. The zero-order valence-corrected chi connectivity index (χ0v) is 24.8. The van der Waals surface area contributed by atoms with Crippen LogP contribution in [0.15, 0.2) is 42.5 Å². The molecule has 13 heteroatoms. The molecule has 242 valence electrons. The van der Waals surface area contributed by atoms with Gasteiger partial charge in [0.1, 0.15) is 0 Å². The summed E-state index contributed by atoms with van der Waals surface area (Å²) < 4.78 is 81.8. The number of benzene rings is 2. The standard InChI is InChI=1S/C31H37F6N3O4/c1-4-24(20-15-21(30(32,33)34)17-22(16-20)31(35,36)37)38(3)28(44)40-12-11-39-25(26(40)23-8-6-5-7-19(23)2)18-29(9-13-41,10-14-42)27(39)43/h5-8,15-17,24-26,41-42H,4,9-14,18H2,1-3H3/t24?,25-,26-/m0/s1. The monoisotopic (exact) mass is 629 g/mol. The number of rotatable bonds is 8. The Balaban J connectivity index is 1.77. The summed E-state index contributed by atoms with van der Waals surface area (Å²) in [4.78, 5) is 32.3. The Morgan fingerprint density at radius 3 is 2.07 bits per heavy atom. The summed E-state index contributed by atoms with van der Waals surface area (Å²) >= 11 is 0. The van der Waals surface area contributed by atoms with Crippen LogP contribution in [0, 0.1) is 12.3 Å². The van der Waals surface area contributed by atoms with Crippen molar-refractivity contribution < 1.29 is 46.1 Å². The Labute approximate surface area is 252 Å². The lowest BCUT2D eigenvalue weighted by molar-refractivity contribution is -0.143. The summed E-state index contributed by atoms with van der Waals surface area (Å²) in [5.74, 6) is -0.222. The van der Waals surface area contributed by atoms with Gasteiger partial charge < -0.3 is 24.9 Å². The highest BCUT2D eigenvalue weighted by Crippen LogP contribution is 2.49. The zero-order valence-electron chi connectivity index (χ0n) is 24.8. The number of piperazine rings is 1. The molecule has 2 aliphatic rings. The predicted molar refractivity (Wildman–Crippen MR) is 149 cm³/mol. The predicted octanol–water partition coefficient (Wildman–Crippen LogP) is 5.94.